The topological polar surface area (TPSA) is 60.9 Å². The van der Waals surface area contributed by atoms with Crippen molar-refractivity contribution < 1.29 is 14.7 Å². The number of aliphatic hydroxyl groups excluding tert-OH is 1. The Morgan fingerprint density at radius 1 is 1.21 bits per heavy atom. The van der Waals surface area contributed by atoms with E-state index in [0.717, 1.165) is 24.8 Å². The van der Waals surface area contributed by atoms with Crippen molar-refractivity contribution in [3.05, 3.63) is 35.4 Å². The molecule has 1 N–H and O–H groups in total. The number of rotatable bonds is 6. The molecule has 1 aliphatic rings. The summed E-state index contributed by atoms with van der Waals surface area (Å²) in [7, 11) is 0. The Labute approximate surface area is 144 Å². The molecular formula is C19H28N2O3. The van der Waals surface area contributed by atoms with Gasteiger partial charge in [-0.15, -0.1) is 0 Å². The zero-order valence-electron chi connectivity index (χ0n) is 14.7. The minimum Gasteiger partial charge on any atom is -0.389 e. The fraction of sp³-hybridized carbons (Fsp3) is 0.579. The van der Waals surface area contributed by atoms with Crippen molar-refractivity contribution in [2.45, 2.75) is 52.2 Å². The Bertz CT molecular complexity index is 556. The first kappa shape index (κ1) is 18.5. The molecule has 0 radical (unpaired) electrons. The number of carbonyl (C=O) groups is 2. The highest BCUT2D eigenvalue weighted by molar-refractivity contribution is 5.85. The van der Waals surface area contributed by atoms with Gasteiger partial charge in [0.25, 0.3) is 0 Å². The second-order valence-corrected chi connectivity index (χ2v) is 6.65. The van der Waals surface area contributed by atoms with Gasteiger partial charge in [-0.3, -0.25) is 9.59 Å². The normalized spacial score (nSPS) is 18.6. The molecule has 1 atom stereocenters. The molecule has 1 heterocycles. The second-order valence-electron chi connectivity index (χ2n) is 6.65. The summed E-state index contributed by atoms with van der Waals surface area (Å²) < 4.78 is 0. The first-order valence-electron chi connectivity index (χ1n) is 8.78. The molecule has 2 amide bonds. The molecular weight excluding hydrogens is 304 g/mol. The Morgan fingerprint density at radius 3 is 2.58 bits per heavy atom. The highest BCUT2D eigenvalue weighted by atomic mass is 16.3. The number of hydrogen-bond donors (Lipinski definition) is 1. The molecule has 1 unspecified atom stereocenters. The van der Waals surface area contributed by atoms with E-state index >= 15 is 0 Å². The van der Waals surface area contributed by atoms with Crippen LogP contribution in [0, 0.1) is 6.92 Å². The summed E-state index contributed by atoms with van der Waals surface area (Å²) in [5.41, 5.74) is 2.20. The van der Waals surface area contributed by atoms with Crippen LogP contribution in [0.25, 0.3) is 0 Å². The van der Waals surface area contributed by atoms with E-state index in [1.165, 1.54) is 10.5 Å². The van der Waals surface area contributed by atoms with Crippen LogP contribution in [0.1, 0.15) is 43.7 Å². The molecule has 1 aliphatic heterocycles. The zero-order chi connectivity index (χ0) is 17.5. The SMILES string of the molecule is CCCCCC(=O)N1CC(=O)N(Cc2ccc(C)cc2)CC(O)C1. The number of benzene rings is 1. The second kappa shape index (κ2) is 8.83. The Hall–Kier alpha value is -1.88. The highest BCUT2D eigenvalue weighted by Gasteiger charge is 2.29. The van der Waals surface area contributed by atoms with Crippen molar-refractivity contribution in [2.24, 2.45) is 0 Å². The van der Waals surface area contributed by atoms with Gasteiger partial charge in [0.15, 0.2) is 0 Å². The quantitative estimate of drug-likeness (QED) is 0.812. The lowest BCUT2D eigenvalue weighted by Gasteiger charge is -2.22. The van der Waals surface area contributed by atoms with Gasteiger partial charge in [0.05, 0.1) is 12.6 Å². The number of amides is 2. The van der Waals surface area contributed by atoms with E-state index in [1.54, 1.807) is 4.90 Å². The summed E-state index contributed by atoms with van der Waals surface area (Å²) in [5.74, 6) is -0.135. The highest BCUT2D eigenvalue weighted by Crippen LogP contribution is 2.13. The van der Waals surface area contributed by atoms with E-state index in [4.69, 9.17) is 0 Å². The smallest absolute Gasteiger partial charge is 0.242 e. The van der Waals surface area contributed by atoms with E-state index < -0.39 is 6.10 Å². The van der Waals surface area contributed by atoms with E-state index in [1.807, 2.05) is 31.2 Å². The first-order valence-corrected chi connectivity index (χ1v) is 8.78. The monoisotopic (exact) mass is 332 g/mol. The number of hydrogen-bond acceptors (Lipinski definition) is 3. The predicted molar refractivity (Wildman–Crippen MR) is 93.3 cm³/mol. The maximum atomic E-state index is 12.5. The van der Waals surface area contributed by atoms with Gasteiger partial charge in [0.1, 0.15) is 0 Å². The van der Waals surface area contributed by atoms with Crippen LogP contribution in [0.2, 0.25) is 0 Å². The predicted octanol–water partition coefficient (Wildman–Crippen LogP) is 2.11. The Kier molecular flexibility index (Phi) is 6.79. The average molecular weight is 332 g/mol. The lowest BCUT2D eigenvalue weighted by atomic mass is 10.1. The van der Waals surface area contributed by atoms with Gasteiger partial charge in [-0.05, 0) is 18.9 Å². The number of nitrogens with zero attached hydrogens (tertiary/aromatic N) is 2. The van der Waals surface area contributed by atoms with Crippen LogP contribution in [0.4, 0.5) is 0 Å². The molecule has 1 aromatic carbocycles. The fourth-order valence-electron chi connectivity index (χ4n) is 2.94. The van der Waals surface area contributed by atoms with E-state index in [9.17, 15) is 14.7 Å². The third-order valence-electron chi connectivity index (χ3n) is 4.38. The molecule has 0 spiro atoms. The molecule has 1 fully saturated rings. The van der Waals surface area contributed by atoms with Crippen LogP contribution in [-0.2, 0) is 16.1 Å². The summed E-state index contributed by atoms with van der Waals surface area (Å²) in [6, 6.07) is 8.01. The molecule has 0 saturated carbocycles. The maximum Gasteiger partial charge on any atom is 0.242 e. The zero-order valence-corrected chi connectivity index (χ0v) is 14.7. The van der Waals surface area contributed by atoms with Crippen molar-refractivity contribution in [1.82, 2.24) is 9.80 Å². The number of aryl methyl sites for hydroxylation is 1. The van der Waals surface area contributed by atoms with E-state index in [-0.39, 0.29) is 31.4 Å². The number of unbranched alkanes of at least 4 members (excludes halogenated alkanes) is 2. The number of carbonyl (C=O) groups excluding carboxylic acids is 2. The molecule has 5 nitrogen and oxygen atoms in total. The van der Waals surface area contributed by atoms with Crippen LogP contribution in [0.5, 0.6) is 0 Å². The van der Waals surface area contributed by atoms with Gasteiger partial charge in [-0.2, -0.15) is 0 Å². The van der Waals surface area contributed by atoms with Crippen LogP contribution in [-0.4, -0.2) is 52.5 Å². The Balaban J connectivity index is 1.97. The number of aliphatic hydroxyl groups is 1. The molecule has 2 rings (SSSR count). The molecule has 24 heavy (non-hydrogen) atoms. The van der Waals surface area contributed by atoms with E-state index in [2.05, 4.69) is 6.92 Å². The molecule has 5 heteroatoms. The molecule has 132 valence electrons. The van der Waals surface area contributed by atoms with Gasteiger partial charge in [0.2, 0.25) is 11.8 Å². The lowest BCUT2D eigenvalue weighted by Crippen LogP contribution is -2.39. The summed E-state index contributed by atoms with van der Waals surface area (Å²) in [4.78, 5) is 27.9. The van der Waals surface area contributed by atoms with Gasteiger partial charge >= 0.3 is 0 Å². The average Bonchev–Trinajstić information content (AvgIpc) is 2.68. The van der Waals surface area contributed by atoms with Crippen LogP contribution in [0.15, 0.2) is 24.3 Å². The largest absolute Gasteiger partial charge is 0.389 e. The van der Waals surface area contributed by atoms with Crippen LogP contribution >= 0.6 is 0 Å². The maximum absolute atomic E-state index is 12.5. The van der Waals surface area contributed by atoms with Crippen molar-refractivity contribution in [3.8, 4) is 0 Å². The summed E-state index contributed by atoms with van der Waals surface area (Å²) in [6.07, 6.45) is 2.65. The third-order valence-corrected chi connectivity index (χ3v) is 4.38. The Morgan fingerprint density at radius 2 is 1.92 bits per heavy atom. The molecule has 0 aliphatic carbocycles. The van der Waals surface area contributed by atoms with Gasteiger partial charge in [-0.1, -0.05) is 49.6 Å². The van der Waals surface area contributed by atoms with Gasteiger partial charge < -0.3 is 14.9 Å². The van der Waals surface area contributed by atoms with Crippen molar-refractivity contribution in [3.63, 3.8) is 0 Å². The van der Waals surface area contributed by atoms with Crippen molar-refractivity contribution >= 4 is 11.8 Å². The summed E-state index contributed by atoms with van der Waals surface area (Å²) in [5, 5.41) is 10.2. The number of β-amino-alcohol motifs (C(OH)–C–C–N with tert-alkyl or cyclic N) is 1. The molecule has 1 aromatic rings. The van der Waals surface area contributed by atoms with Crippen molar-refractivity contribution in [1.29, 1.82) is 0 Å². The molecule has 0 aromatic heterocycles. The summed E-state index contributed by atoms with van der Waals surface area (Å²) in [6.45, 7) is 5.15. The van der Waals surface area contributed by atoms with Gasteiger partial charge in [-0.25, -0.2) is 0 Å². The minimum atomic E-state index is -0.697. The van der Waals surface area contributed by atoms with Gasteiger partial charge in [0, 0.05) is 26.1 Å². The third kappa shape index (κ3) is 5.34. The van der Waals surface area contributed by atoms with Crippen molar-refractivity contribution in [2.75, 3.05) is 19.6 Å². The van der Waals surface area contributed by atoms with Crippen LogP contribution < -0.4 is 0 Å². The molecule has 0 bridgehead atoms. The minimum absolute atomic E-state index is 0.0342. The lowest BCUT2D eigenvalue weighted by molar-refractivity contribution is -0.139. The first-order chi connectivity index (χ1) is 11.5. The van der Waals surface area contributed by atoms with Crippen LogP contribution in [0.3, 0.4) is 0 Å². The molecule has 1 saturated heterocycles. The summed E-state index contributed by atoms with van der Waals surface area (Å²) >= 11 is 0. The van der Waals surface area contributed by atoms with E-state index in [0.29, 0.717) is 13.0 Å². The fourth-order valence-corrected chi connectivity index (χ4v) is 2.94. The standard InChI is InChI=1S/C19H28N2O3/c1-3-4-5-6-18(23)21-13-17(22)12-20(19(24)14-21)11-16-9-7-15(2)8-10-16/h7-10,17,22H,3-6,11-14H2,1-2H3.